The van der Waals surface area contributed by atoms with Crippen molar-refractivity contribution in [3.8, 4) is 11.1 Å². The summed E-state index contributed by atoms with van der Waals surface area (Å²) in [7, 11) is 0. The van der Waals surface area contributed by atoms with Crippen LogP contribution in [0.2, 0.25) is 0 Å². The summed E-state index contributed by atoms with van der Waals surface area (Å²) in [4.78, 5) is 23.1. The van der Waals surface area contributed by atoms with Gasteiger partial charge in [0.15, 0.2) is 0 Å². The van der Waals surface area contributed by atoms with Gasteiger partial charge in [0, 0.05) is 0 Å². The van der Waals surface area contributed by atoms with Crippen molar-refractivity contribution in [2.24, 2.45) is 11.5 Å². The summed E-state index contributed by atoms with van der Waals surface area (Å²) in [6.45, 7) is 0. The first-order chi connectivity index (χ1) is 10.6. The first-order valence-corrected chi connectivity index (χ1v) is 6.33. The molecule has 0 aliphatic heterocycles. The van der Waals surface area contributed by atoms with Gasteiger partial charge in [-0.25, -0.2) is 0 Å². The van der Waals surface area contributed by atoms with Crippen LogP contribution in [0.1, 0.15) is 26.3 Å². The highest BCUT2D eigenvalue weighted by Gasteiger charge is 2.38. The summed E-state index contributed by atoms with van der Waals surface area (Å²) >= 11 is 0. The molecule has 2 amide bonds. The molecular formula is C15H12F3N3O2. The van der Waals surface area contributed by atoms with E-state index in [0.29, 0.717) is 11.6 Å². The van der Waals surface area contributed by atoms with Crippen molar-refractivity contribution in [1.82, 2.24) is 0 Å². The molecular weight excluding hydrogens is 311 g/mol. The number of alkyl halides is 3. The standard InChI is InChI=1S/C15H12F3N3O2/c16-15(17,18)9-6-8(7-4-2-1-3-5-7)10(13(20)22)12(19)11(9)14(21)23/h1-6H,19H2,(H2,20,22)(H2,21,23). The molecule has 0 unspecified atom stereocenters. The number of carbonyl (C=O) groups is 2. The number of hydrogen-bond acceptors (Lipinski definition) is 3. The Kier molecular flexibility index (Phi) is 4.00. The zero-order chi connectivity index (χ0) is 17.4. The summed E-state index contributed by atoms with van der Waals surface area (Å²) in [5, 5.41) is 0. The molecule has 0 spiro atoms. The van der Waals surface area contributed by atoms with Gasteiger partial charge in [-0.2, -0.15) is 13.2 Å². The van der Waals surface area contributed by atoms with Gasteiger partial charge in [-0.05, 0) is 17.2 Å². The van der Waals surface area contributed by atoms with Crippen molar-refractivity contribution in [3.05, 3.63) is 53.1 Å². The molecule has 0 fully saturated rings. The highest BCUT2D eigenvalue weighted by Crippen LogP contribution is 2.40. The van der Waals surface area contributed by atoms with Gasteiger partial charge in [0.2, 0.25) is 0 Å². The first kappa shape index (κ1) is 16.3. The summed E-state index contributed by atoms with van der Waals surface area (Å²) in [5.41, 5.74) is 12.7. The molecule has 2 aromatic carbocycles. The van der Waals surface area contributed by atoms with E-state index in [9.17, 15) is 22.8 Å². The van der Waals surface area contributed by atoms with Gasteiger partial charge in [0.1, 0.15) is 0 Å². The van der Waals surface area contributed by atoms with E-state index in [4.69, 9.17) is 17.2 Å². The van der Waals surface area contributed by atoms with E-state index in [2.05, 4.69) is 0 Å². The zero-order valence-electron chi connectivity index (χ0n) is 11.6. The van der Waals surface area contributed by atoms with Crippen molar-refractivity contribution in [1.29, 1.82) is 0 Å². The van der Waals surface area contributed by atoms with E-state index >= 15 is 0 Å². The molecule has 0 aliphatic carbocycles. The Balaban J connectivity index is 2.95. The number of nitrogen functional groups attached to an aromatic ring is 1. The third-order valence-corrected chi connectivity index (χ3v) is 3.25. The molecule has 0 radical (unpaired) electrons. The summed E-state index contributed by atoms with van der Waals surface area (Å²) in [5.74, 6) is -2.45. The molecule has 2 aromatic rings. The van der Waals surface area contributed by atoms with Gasteiger partial charge in [-0.15, -0.1) is 0 Å². The Labute approximate surface area is 128 Å². The molecule has 0 saturated heterocycles. The smallest absolute Gasteiger partial charge is 0.397 e. The van der Waals surface area contributed by atoms with Gasteiger partial charge >= 0.3 is 6.18 Å². The lowest BCUT2D eigenvalue weighted by molar-refractivity contribution is -0.137. The van der Waals surface area contributed by atoms with Crippen LogP contribution < -0.4 is 17.2 Å². The fourth-order valence-corrected chi connectivity index (χ4v) is 2.30. The normalized spacial score (nSPS) is 11.3. The number of nitrogens with two attached hydrogens (primary N) is 3. The summed E-state index contributed by atoms with van der Waals surface area (Å²) in [6.07, 6.45) is -4.88. The Bertz CT molecular complexity index is 787. The predicted molar refractivity (Wildman–Crippen MR) is 78.3 cm³/mol. The molecule has 8 heteroatoms. The number of benzene rings is 2. The number of hydrogen-bond donors (Lipinski definition) is 3. The monoisotopic (exact) mass is 323 g/mol. The fraction of sp³-hybridized carbons (Fsp3) is 0.0667. The third kappa shape index (κ3) is 2.96. The molecule has 0 atom stereocenters. The van der Waals surface area contributed by atoms with Crippen LogP contribution in [0.25, 0.3) is 11.1 Å². The quantitative estimate of drug-likeness (QED) is 0.752. The van der Waals surface area contributed by atoms with Gasteiger partial charge in [-0.1, -0.05) is 30.3 Å². The van der Waals surface area contributed by atoms with Crippen LogP contribution in [0.15, 0.2) is 36.4 Å². The molecule has 0 bridgehead atoms. The minimum Gasteiger partial charge on any atom is -0.397 e. The number of halogens is 3. The average Bonchev–Trinajstić information content (AvgIpc) is 2.45. The summed E-state index contributed by atoms with van der Waals surface area (Å²) < 4.78 is 39.7. The Morgan fingerprint density at radius 1 is 0.913 bits per heavy atom. The molecule has 0 aliphatic rings. The number of amides is 2. The summed E-state index contributed by atoms with van der Waals surface area (Å²) in [6, 6.07) is 8.44. The van der Waals surface area contributed by atoms with Crippen LogP contribution in [0.4, 0.5) is 18.9 Å². The average molecular weight is 323 g/mol. The second kappa shape index (κ2) is 5.64. The number of rotatable bonds is 3. The fourth-order valence-electron chi connectivity index (χ4n) is 2.30. The van der Waals surface area contributed by atoms with E-state index in [1.165, 1.54) is 12.1 Å². The Morgan fingerprint density at radius 2 is 1.43 bits per heavy atom. The maximum absolute atomic E-state index is 13.2. The van der Waals surface area contributed by atoms with Crippen molar-refractivity contribution >= 4 is 17.5 Å². The van der Waals surface area contributed by atoms with Gasteiger partial charge < -0.3 is 17.2 Å². The van der Waals surface area contributed by atoms with Crippen LogP contribution in [0.3, 0.4) is 0 Å². The van der Waals surface area contributed by atoms with Crippen molar-refractivity contribution in [2.75, 3.05) is 5.73 Å². The number of carbonyl (C=O) groups excluding carboxylic acids is 2. The molecule has 120 valence electrons. The maximum atomic E-state index is 13.2. The Hall–Kier alpha value is -3.03. The highest BCUT2D eigenvalue weighted by molar-refractivity contribution is 6.11. The van der Waals surface area contributed by atoms with E-state index in [0.717, 1.165) is 0 Å². The molecule has 6 N–H and O–H groups in total. The van der Waals surface area contributed by atoms with Crippen LogP contribution >= 0.6 is 0 Å². The molecule has 23 heavy (non-hydrogen) atoms. The minimum absolute atomic E-state index is 0.118. The lowest BCUT2D eigenvalue weighted by atomic mass is 9.90. The van der Waals surface area contributed by atoms with Crippen LogP contribution in [0, 0.1) is 0 Å². The lowest BCUT2D eigenvalue weighted by Gasteiger charge is -2.18. The van der Waals surface area contributed by atoms with Gasteiger partial charge in [-0.3, -0.25) is 9.59 Å². The highest BCUT2D eigenvalue weighted by atomic mass is 19.4. The maximum Gasteiger partial charge on any atom is 0.417 e. The molecule has 0 saturated carbocycles. The molecule has 2 rings (SSSR count). The molecule has 0 aromatic heterocycles. The number of primary amides is 2. The predicted octanol–water partition coefficient (Wildman–Crippen LogP) is 2.15. The Morgan fingerprint density at radius 3 is 1.87 bits per heavy atom. The van der Waals surface area contributed by atoms with E-state index in [-0.39, 0.29) is 11.1 Å². The van der Waals surface area contributed by atoms with Crippen molar-refractivity contribution in [2.45, 2.75) is 6.18 Å². The SMILES string of the molecule is NC(=O)c1c(-c2ccccc2)cc(C(F)(F)F)c(C(N)=O)c1N. The van der Waals surface area contributed by atoms with Crippen molar-refractivity contribution < 1.29 is 22.8 Å². The lowest BCUT2D eigenvalue weighted by Crippen LogP contribution is -2.25. The van der Waals surface area contributed by atoms with E-state index in [1.807, 2.05) is 0 Å². The first-order valence-electron chi connectivity index (χ1n) is 6.33. The number of anilines is 1. The van der Waals surface area contributed by atoms with Crippen LogP contribution in [-0.2, 0) is 6.18 Å². The second-order valence-electron chi connectivity index (χ2n) is 4.73. The van der Waals surface area contributed by atoms with Crippen LogP contribution in [0.5, 0.6) is 0 Å². The third-order valence-electron chi connectivity index (χ3n) is 3.25. The van der Waals surface area contributed by atoms with Gasteiger partial charge in [0.05, 0.1) is 22.4 Å². The largest absolute Gasteiger partial charge is 0.417 e. The molecule has 5 nitrogen and oxygen atoms in total. The van der Waals surface area contributed by atoms with E-state index < -0.39 is 34.8 Å². The molecule has 0 heterocycles. The second-order valence-corrected chi connectivity index (χ2v) is 4.73. The van der Waals surface area contributed by atoms with Gasteiger partial charge in [0.25, 0.3) is 11.8 Å². The minimum atomic E-state index is -4.88. The van der Waals surface area contributed by atoms with Crippen LogP contribution in [-0.4, -0.2) is 11.8 Å². The topological polar surface area (TPSA) is 112 Å². The zero-order valence-corrected chi connectivity index (χ0v) is 11.6. The van der Waals surface area contributed by atoms with E-state index in [1.54, 1.807) is 18.2 Å². The van der Waals surface area contributed by atoms with Crippen molar-refractivity contribution in [3.63, 3.8) is 0 Å².